The molecule has 0 radical (unpaired) electrons. The Balaban J connectivity index is 1.89. The zero-order chi connectivity index (χ0) is 14.4. The molecule has 2 aromatic heterocycles. The first-order chi connectivity index (χ1) is 10.2. The summed E-state index contributed by atoms with van der Waals surface area (Å²) >= 11 is 7.34. The molecule has 2 aromatic carbocycles. The lowest BCUT2D eigenvalue weighted by Crippen LogP contribution is -1.93. The highest BCUT2D eigenvalue weighted by molar-refractivity contribution is 9.09. The van der Waals surface area contributed by atoms with Crippen molar-refractivity contribution in [1.29, 1.82) is 0 Å². The molecule has 4 rings (SSSR count). The molecule has 2 heterocycles. The summed E-state index contributed by atoms with van der Waals surface area (Å²) in [5, 5.41) is 3.76. The van der Waals surface area contributed by atoms with Gasteiger partial charge in [0.1, 0.15) is 5.82 Å². The Morgan fingerprint density at radius 2 is 1.76 bits per heavy atom. The van der Waals surface area contributed by atoms with Crippen molar-refractivity contribution in [3.05, 3.63) is 70.2 Å². The second-order valence-electron chi connectivity index (χ2n) is 4.84. The van der Waals surface area contributed by atoms with Crippen LogP contribution in [0.1, 0.15) is 15.3 Å². The summed E-state index contributed by atoms with van der Waals surface area (Å²) in [6.45, 7) is 0. The van der Waals surface area contributed by atoms with Gasteiger partial charge in [-0.1, -0.05) is 46.3 Å². The molecule has 1 atom stereocenters. The van der Waals surface area contributed by atoms with Crippen molar-refractivity contribution in [2.24, 2.45) is 0 Å². The molecule has 0 bridgehead atoms. The summed E-state index contributed by atoms with van der Waals surface area (Å²) in [6.07, 6.45) is 0. The topological polar surface area (TPSA) is 0 Å². The monoisotopic (exact) mass is 376 g/mol. The summed E-state index contributed by atoms with van der Waals surface area (Å²) < 4.78 is 16.6. The van der Waals surface area contributed by atoms with E-state index in [1.165, 1.54) is 14.3 Å². The zero-order valence-corrected chi connectivity index (χ0v) is 14.1. The molecule has 0 aliphatic rings. The molecule has 0 aliphatic carbocycles. The van der Waals surface area contributed by atoms with Gasteiger partial charge in [0, 0.05) is 19.7 Å². The molecule has 0 N–H and O–H groups in total. The van der Waals surface area contributed by atoms with Crippen LogP contribution in [0, 0.1) is 5.82 Å². The average Bonchev–Trinajstić information content (AvgIpc) is 3.08. The van der Waals surface area contributed by atoms with Crippen molar-refractivity contribution in [3.63, 3.8) is 0 Å². The minimum absolute atomic E-state index is 0.0904. The van der Waals surface area contributed by atoms with E-state index in [9.17, 15) is 4.39 Å². The molecule has 21 heavy (non-hydrogen) atoms. The lowest BCUT2D eigenvalue weighted by atomic mass is 10.0. The molecule has 0 spiro atoms. The van der Waals surface area contributed by atoms with E-state index in [1.54, 1.807) is 28.7 Å². The number of benzene rings is 2. The maximum atomic E-state index is 13.9. The molecule has 104 valence electrons. The van der Waals surface area contributed by atoms with Gasteiger partial charge in [0.2, 0.25) is 0 Å². The third kappa shape index (κ3) is 2.22. The van der Waals surface area contributed by atoms with Gasteiger partial charge >= 0.3 is 0 Å². The van der Waals surface area contributed by atoms with Crippen molar-refractivity contribution in [3.8, 4) is 0 Å². The van der Waals surface area contributed by atoms with Crippen molar-refractivity contribution in [2.75, 3.05) is 0 Å². The molecule has 0 aliphatic heterocycles. The highest BCUT2D eigenvalue weighted by Crippen LogP contribution is 2.42. The fourth-order valence-electron chi connectivity index (χ4n) is 2.57. The minimum atomic E-state index is -0.166. The molecule has 0 fully saturated rings. The highest BCUT2D eigenvalue weighted by atomic mass is 79.9. The van der Waals surface area contributed by atoms with Crippen LogP contribution in [0.15, 0.2) is 53.9 Å². The van der Waals surface area contributed by atoms with E-state index in [0.717, 1.165) is 10.9 Å². The summed E-state index contributed by atoms with van der Waals surface area (Å²) in [6, 6.07) is 15.5. The molecule has 0 nitrogen and oxygen atoms in total. The van der Waals surface area contributed by atoms with E-state index in [0.29, 0.717) is 5.39 Å². The van der Waals surface area contributed by atoms with Gasteiger partial charge in [-0.15, -0.1) is 22.7 Å². The van der Waals surface area contributed by atoms with Crippen molar-refractivity contribution in [2.45, 2.75) is 4.83 Å². The van der Waals surface area contributed by atoms with Crippen LogP contribution in [0.3, 0.4) is 0 Å². The van der Waals surface area contributed by atoms with Gasteiger partial charge in [-0.3, -0.25) is 0 Å². The van der Waals surface area contributed by atoms with E-state index in [4.69, 9.17) is 0 Å². The van der Waals surface area contributed by atoms with Crippen LogP contribution >= 0.6 is 38.6 Å². The third-order valence-corrected chi connectivity index (χ3v) is 7.03. The second-order valence-corrected chi connectivity index (χ2v) is 7.82. The Morgan fingerprint density at radius 1 is 0.952 bits per heavy atom. The lowest BCUT2D eigenvalue weighted by molar-refractivity contribution is 0.639. The van der Waals surface area contributed by atoms with Gasteiger partial charge in [0.15, 0.2) is 0 Å². The van der Waals surface area contributed by atoms with Gasteiger partial charge in [0.05, 0.1) is 4.83 Å². The summed E-state index contributed by atoms with van der Waals surface area (Å²) in [5.74, 6) is -0.166. The van der Waals surface area contributed by atoms with E-state index < -0.39 is 0 Å². The van der Waals surface area contributed by atoms with Crippen LogP contribution < -0.4 is 0 Å². The van der Waals surface area contributed by atoms with Crippen LogP contribution in [-0.4, -0.2) is 0 Å². The summed E-state index contributed by atoms with van der Waals surface area (Å²) in [4.78, 5) is 1.35. The van der Waals surface area contributed by atoms with Crippen LogP contribution in [0.4, 0.5) is 4.39 Å². The summed E-state index contributed by atoms with van der Waals surface area (Å²) in [7, 11) is 0. The smallest absolute Gasteiger partial charge is 0.131 e. The molecular formula is C17H10BrFS2. The van der Waals surface area contributed by atoms with E-state index in [-0.39, 0.29) is 10.6 Å². The zero-order valence-electron chi connectivity index (χ0n) is 10.8. The van der Waals surface area contributed by atoms with Crippen LogP contribution in [0.2, 0.25) is 0 Å². The first-order valence-corrected chi connectivity index (χ1v) is 9.13. The lowest BCUT2D eigenvalue weighted by Gasteiger charge is -2.12. The Bertz CT molecular complexity index is 910. The van der Waals surface area contributed by atoms with E-state index >= 15 is 0 Å². The minimum Gasteiger partial charge on any atom is -0.206 e. The maximum Gasteiger partial charge on any atom is 0.131 e. The normalized spacial score (nSPS) is 13.0. The number of hydrogen-bond acceptors (Lipinski definition) is 2. The Labute approximate surface area is 138 Å². The number of alkyl halides is 1. The van der Waals surface area contributed by atoms with Crippen molar-refractivity contribution in [1.82, 2.24) is 0 Å². The highest BCUT2D eigenvalue weighted by Gasteiger charge is 2.17. The number of fused-ring (bicyclic) bond motifs is 2. The standard InChI is InChI=1S/C17H10BrFS2/c18-17(16-9-15-14(21-16)7-8-20-15)12-5-6-13(19)11-4-2-1-3-10(11)12/h1-9,17H. The quantitative estimate of drug-likeness (QED) is 0.339. The van der Waals surface area contributed by atoms with Crippen LogP contribution in [0.5, 0.6) is 0 Å². The van der Waals surface area contributed by atoms with Gasteiger partial charge in [0.25, 0.3) is 0 Å². The first-order valence-electron chi connectivity index (χ1n) is 6.52. The van der Waals surface area contributed by atoms with Crippen LogP contribution in [-0.2, 0) is 0 Å². The Kier molecular flexibility index (Phi) is 3.32. The van der Waals surface area contributed by atoms with Gasteiger partial charge in [-0.25, -0.2) is 4.39 Å². The molecule has 4 aromatic rings. The predicted octanol–water partition coefficient (Wildman–Crippen LogP) is 6.74. The Morgan fingerprint density at radius 3 is 2.57 bits per heavy atom. The second kappa shape index (κ2) is 5.20. The van der Waals surface area contributed by atoms with Crippen LogP contribution in [0.25, 0.3) is 20.2 Å². The number of thiophene rings is 2. The SMILES string of the molecule is Fc1ccc(C(Br)c2cc3sccc3s2)c2ccccc12. The molecule has 4 heteroatoms. The number of halogens is 2. The largest absolute Gasteiger partial charge is 0.206 e. The van der Waals surface area contributed by atoms with Gasteiger partial charge in [-0.05, 0) is 34.5 Å². The fraction of sp³-hybridized carbons (Fsp3) is 0.0588. The van der Waals surface area contributed by atoms with Crippen molar-refractivity contribution < 1.29 is 4.39 Å². The van der Waals surface area contributed by atoms with Gasteiger partial charge < -0.3 is 0 Å². The fourth-order valence-corrected chi connectivity index (χ4v) is 5.50. The molecule has 0 amide bonds. The van der Waals surface area contributed by atoms with Gasteiger partial charge in [-0.2, -0.15) is 0 Å². The third-order valence-electron chi connectivity index (χ3n) is 3.59. The number of rotatable bonds is 2. The first kappa shape index (κ1) is 13.4. The summed E-state index contributed by atoms with van der Waals surface area (Å²) in [5.41, 5.74) is 1.11. The predicted molar refractivity (Wildman–Crippen MR) is 94.4 cm³/mol. The van der Waals surface area contributed by atoms with E-state index in [1.807, 2.05) is 30.3 Å². The average molecular weight is 377 g/mol. The molecule has 1 unspecified atom stereocenters. The molecular weight excluding hydrogens is 367 g/mol. The van der Waals surface area contributed by atoms with Crippen molar-refractivity contribution >= 4 is 58.8 Å². The maximum absolute atomic E-state index is 13.9. The Hall–Kier alpha value is -1.23. The number of hydrogen-bond donors (Lipinski definition) is 0. The molecule has 0 saturated carbocycles. The molecule has 0 saturated heterocycles. The van der Waals surface area contributed by atoms with E-state index in [2.05, 4.69) is 33.4 Å².